The summed E-state index contributed by atoms with van der Waals surface area (Å²) in [6.07, 6.45) is 0.475. The van der Waals surface area contributed by atoms with Crippen molar-refractivity contribution in [3.8, 4) is 0 Å². The molecule has 0 amide bonds. The maximum atomic E-state index is 13.2. The Morgan fingerprint density at radius 1 is 1.55 bits per heavy atom. The Balaban J connectivity index is 1.96. The van der Waals surface area contributed by atoms with Crippen molar-refractivity contribution in [2.75, 3.05) is 26.2 Å². The predicted molar refractivity (Wildman–Crippen MR) is 77.6 cm³/mol. The van der Waals surface area contributed by atoms with Gasteiger partial charge in [-0.25, -0.2) is 4.39 Å². The lowest BCUT2D eigenvalue weighted by atomic mass is 10.0. The van der Waals surface area contributed by atoms with Crippen LogP contribution in [0.15, 0.2) is 18.2 Å². The van der Waals surface area contributed by atoms with E-state index in [1.54, 1.807) is 0 Å². The molecule has 1 saturated heterocycles. The molecule has 1 aromatic carbocycles. The van der Waals surface area contributed by atoms with E-state index in [0.717, 1.165) is 19.5 Å². The van der Waals surface area contributed by atoms with Gasteiger partial charge in [-0.05, 0) is 36.7 Å². The van der Waals surface area contributed by atoms with Gasteiger partial charge in [0.25, 0.3) is 0 Å². The molecule has 0 radical (unpaired) electrons. The Bertz CT molecular complexity index is 442. The van der Waals surface area contributed by atoms with Crippen molar-refractivity contribution >= 4 is 11.6 Å². The molecule has 0 saturated carbocycles. The van der Waals surface area contributed by atoms with Gasteiger partial charge in [-0.15, -0.1) is 0 Å². The monoisotopic (exact) mass is 301 g/mol. The van der Waals surface area contributed by atoms with Crippen LogP contribution in [0.1, 0.15) is 18.9 Å². The van der Waals surface area contributed by atoms with Crippen molar-refractivity contribution in [2.24, 2.45) is 0 Å². The Kier molecular flexibility index (Phi) is 5.78. The number of halogens is 2. The van der Waals surface area contributed by atoms with Gasteiger partial charge in [0, 0.05) is 24.5 Å². The summed E-state index contributed by atoms with van der Waals surface area (Å²) in [7, 11) is 0. The highest BCUT2D eigenvalue weighted by Gasteiger charge is 2.27. The molecular weight excluding hydrogens is 281 g/mol. The molecule has 2 unspecified atom stereocenters. The summed E-state index contributed by atoms with van der Waals surface area (Å²) >= 11 is 6.03. The molecule has 112 valence electrons. The molecule has 3 nitrogen and oxygen atoms in total. The third-order valence-electron chi connectivity index (χ3n) is 3.58. The first-order valence-corrected chi connectivity index (χ1v) is 7.44. The molecular formula is C15H21ClFNO2. The SMILES string of the molecule is CCCN1CCOC(C(O)Cc2cc(F)ccc2Cl)C1. The standard InChI is InChI=1S/C15H21ClFNO2/c1-2-5-18-6-7-20-15(10-18)14(19)9-11-8-12(17)3-4-13(11)16/h3-4,8,14-15,19H,2,5-7,9-10H2,1H3. The van der Waals surface area contributed by atoms with Crippen LogP contribution in [0, 0.1) is 5.82 Å². The van der Waals surface area contributed by atoms with E-state index in [0.29, 0.717) is 30.2 Å². The molecule has 5 heteroatoms. The van der Waals surface area contributed by atoms with Gasteiger partial charge in [-0.2, -0.15) is 0 Å². The lowest BCUT2D eigenvalue weighted by Crippen LogP contribution is -2.48. The second kappa shape index (κ2) is 7.36. The fourth-order valence-electron chi connectivity index (χ4n) is 2.54. The second-order valence-corrected chi connectivity index (χ2v) is 5.62. The molecule has 1 heterocycles. The zero-order chi connectivity index (χ0) is 14.5. The van der Waals surface area contributed by atoms with Gasteiger partial charge < -0.3 is 9.84 Å². The average Bonchev–Trinajstić information content (AvgIpc) is 2.43. The number of hydrogen-bond donors (Lipinski definition) is 1. The van der Waals surface area contributed by atoms with Crippen molar-refractivity contribution in [3.63, 3.8) is 0 Å². The normalized spacial score (nSPS) is 21.9. The first-order chi connectivity index (χ1) is 9.60. The largest absolute Gasteiger partial charge is 0.390 e. The Hall–Kier alpha value is -0.680. The molecule has 1 aliphatic heterocycles. The first kappa shape index (κ1) is 15.7. The lowest BCUT2D eigenvalue weighted by Gasteiger charge is -2.35. The number of nitrogens with zero attached hydrogens (tertiary/aromatic N) is 1. The van der Waals surface area contributed by atoms with E-state index in [1.807, 2.05) is 0 Å². The summed E-state index contributed by atoms with van der Waals surface area (Å²) in [5.74, 6) is -0.339. The fourth-order valence-corrected chi connectivity index (χ4v) is 2.73. The summed E-state index contributed by atoms with van der Waals surface area (Å²) in [5, 5.41) is 10.8. The van der Waals surface area contributed by atoms with E-state index in [4.69, 9.17) is 16.3 Å². The molecule has 0 aliphatic carbocycles. The number of ether oxygens (including phenoxy) is 1. The summed E-state index contributed by atoms with van der Waals surface area (Å²) in [6.45, 7) is 5.37. The Morgan fingerprint density at radius 2 is 2.35 bits per heavy atom. The maximum Gasteiger partial charge on any atom is 0.123 e. The van der Waals surface area contributed by atoms with Crippen molar-refractivity contribution in [1.29, 1.82) is 0 Å². The number of aliphatic hydroxyl groups is 1. The smallest absolute Gasteiger partial charge is 0.123 e. The lowest BCUT2D eigenvalue weighted by molar-refractivity contribution is -0.0877. The molecule has 20 heavy (non-hydrogen) atoms. The maximum absolute atomic E-state index is 13.2. The third kappa shape index (κ3) is 4.16. The van der Waals surface area contributed by atoms with E-state index in [-0.39, 0.29) is 11.9 Å². The molecule has 0 bridgehead atoms. The van der Waals surface area contributed by atoms with Crippen molar-refractivity contribution < 1.29 is 14.2 Å². The van der Waals surface area contributed by atoms with E-state index in [1.165, 1.54) is 18.2 Å². The Labute approximate surface area is 124 Å². The van der Waals surface area contributed by atoms with Crippen LogP contribution in [0.2, 0.25) is 5.02 Å². The summed E-state index contributed by atoms with van der Waals surface area (Å²) in [4.78, 5) is 2.28. The van der Waals surface area contributed by atoms with E-state index in [9.17, 15) is 9.50 Å². The van der Waals surface area contributed by atoms with Crippen LogP contribution in [0.4, 0.5) is 4.39 Å². The fraction of sp³-hybridized carbons (Fsp3) is 0.600. The van der Waals surface area contributed by atoms with Crippen LogP contribution in [0.25, 0.3) is 0 Å². The van der Waals surface area contributed by atoms with E-state index >= 15 is 0 Å². The van der Waals surface area contributed by atoms with Crippen LogP contribution in [0.5, 0.6) is 0 Å². The molecule has 1 aromatic rings. The van der Waals surface area contributed by atoms with Gasteiger partial charge in [0.15, 0.2) is 0 Å². The summed E-state index contributed by atoms with van der Waals surface area (Å²) in [5.41, 5.74) is 0.621. The number of hydrogen-bond acceptors (Lipinski definition) is 3. The highest BCUT2D eigenvalue weighted by Crippen LogP contribution is 2.21. The first-order valence-electron chi connectivity index (χ1n) is 7.06. The van der Waals surface area contributed by atoms with Crippen molar-refractivity contribution in [3.05, 3.63) is 34.6 Å². The molecule has 1 aliphatic rings. The zero-order valence-corrected chi connectivity index (χ0v) is 12.4. The number of rotatable bonds is 5. The number of aliphatic hydroxyl groups excluding tert-OH is 1. The molecule has 2 rings (SSSR count). The van der Waals surface area contributed by atoms with Crippen molar-refractivity contribution in [2.45, 2.75) is 32.0 Å². The highest BCUT2D eigenvalue weighted by atomic mass is 35.5. The van der Waals surface area contributed by atoms with E-state index < -0.39 is 6.10 Å². The second-order valence-electron chi connectivity index (χ2n) is 5.22. The summed E-state index contributed by atoms with van der Waals surface area (Å²) in [6, 6.07) is 4.21. The van der Waals surface area contributed by atoms with Gasteiger partial charge in [0.2, 0.25) is 0 Å². The van der Waals surface area contributed by atoms with Crippen molar-refractivity contribution in [1.82, 2.24) is 4.90 Å². The minimum Gasteiger partial charge on any atom is -0.390 e. The van der Waals surface area contributed by atoms with Crippen LogP contribution in [-0.4, -0.2) is 48.5 Å². The van der Waals surface area contributed by atoms with Gasteiger partial charge in [-0.3, -0.25) is 4.90 Å². The zero-order valence-electron chi connectivity index (χ0n) is 11.7. The minimum absolute atomic E-state index is 0.241. The van der Waals surface area contributed by atoms with Gasteiger partial charge in [0.1, 0.15) is 5.82 Å². The third-order valence-corrected chi connectivity index (χ3v) is 3.95. The molecule has 1 N–H and O–H groups in total. The minimum atomic E-state index is -0.672. The van der Waals surface area contributed by atoms with Crippen LogP contribution in [0.3, 0.4) is 0 Å². The van der Waals surface area contributed by atoms with Gasteiger partial charge >= 0.3 is 0 Å². The van der Waals surface area contributed by atoms with Crippen LogP contribution >= 0.6 is 11.6 Å². The van der Waals surface area contributed by atoms with Gasteiger partial charge in [0.05, 0.1) is 18.8 Å². The van der Waals surface area contributed by atoms with E-state index in [2.05, 4.69) is 11.8 Å². The van der Waals surface area contributed by atoms with Crippen LogP contribution in [-0.2, 0) is 11.2 Å². The molecule has 0 spiro atoms. The Morgan fingerprint density at radius 3 is 3.10 bits per heavy atom. The predicted octanol–water partition coefficient (Wildman–Crippen LogP) is 2.49. The summed E-state index contributed by atoms with van der Waals surface area (Å²) < 4.78 is 18.9. The average molecular weight is 302 g/mol. The van der Waals surface area contributed by atoms with Gasteiger partial charge in [-0.1, -0.05) is 18.5 Å². The molecule has 1 fully saturated rings. The highest BCUT2D eigenvalue weighted by molar-refractivity contribution is 6.31. The number of morpholine rings is 1. The topological polar surface area (TPSA) is 32.7 Å². The molecule has 2 atom stereocenters. The molecule has 0 aromatic heterocycles. The quantitative estimate of drug-likeness (QED) is 0.907. The number of benzene rings is 1. The van der Waals surface area contributed by atoms with Crippen LogP contribution < -0.4 is 0 Å².